The van der Waals surface area contributed by atoms with E-state index >= 15 is 0 Å². The Kier molecular flexibility index (Phi) is 11.4. The average Bonchev–Trinajstić information content (AvgIpc) is 3.40. The minimum Gasteiger partial charge on any atom is -1.00 e. The van der Waals surface area contributed by atoms with Crippen LogP contribution in [0.15, 0.2) is 41.5 Å². The summed E-state index contributed by atoms with van der Waals surface area (Å²) in [5.41, 5.74) is 17.8. The van der Waals surface area contributed by atoms with Crippen LogP contribution in [-0.4, -0.2) is 57.3 Å². The number of hydrogen-bond acceptors (Lipinski definition) is 8. The molecule has 0 aliphatic carbocycles. The van der Waals surface area contributed by atoms with Crippen LogP contribution < -0.4 is 53.9 Å². The van der Waals surface area contributed by atoms with Gasteiger partial charge in [0.2, 0.25) is 5.75 Å². The molecule has 0 fully saturated rings. The van der Waals surface area contributed by atoms with Crippen LogP contribution in [0, 0.1) is 0 Å². The number of aromatic nitrogens is 1. The lowest BCUT2D eigenvalue weighted by Gasteiger charge is -2.15. The van der Waals surface area contributed by atoms with Gasteiger partial charge < -0.3 is 53.9 Å². The Morgan fingerprint density at radius 3 is 2.26 bits per heavy atom. The quantitative estimate of drug-likeness (QED) is 0.125. The highest BCUT2D eigenvalue weighted by Gasteiger charge is 2.21. The maximum absolute atomic E-state index is 12.8. The zero-order chi connectivity index (χ0) is 26.9. The minimum absolute atomic E-state index is 0. The Morgan fingerprint density at radius 1 is 1.03 bits per heavy atom. The fourth-order valence-electron chi connectivity index (χ4n) is 3.75. The molecule has 1 amide bonds. The summed E-state index contributed by atoms with van der Waals surface area (Å²) >= 11 is 1.34. The summed E-state index contributed by atoms with van der Waals surface area (Å²) in [7, 11) is 6.26. The first-order chi connectivity index (χ1) is 17.8. The van der Waals surface area contributed by atoms with Gasteiger partial charge in [0.25, 0.3) is 5.91 Å². The molecule has 0 bridgehead atoms. The van der Waals surface area contributed by atoms with Gasteiger partial charge in [-0.25, -0.2) is 0 Å². The third-order valence-corrected chi connectivity index (χ3v) is 6.49. The van der Waals surface area contributed by atoms with Crippen LogP contribution in [0.1, 0.15) is 12.8 Å². The molecule has 0 aliphatic rings. The standard InChI is InChI=1S/C25H32N6O5S.ClH/c1-33-19-8-7-14(10-18(19)31-24(32)17(26)6-5-9-29-25(27)28)16-13-30-37-23(16)15-11-20(34-2)22(36-4)21(12-15)35-3;/h7-8,10-13,17H,5-6,9,26H2,1-4H3,(H,31,32)(H4,27,28,29);1H/t17-;/m1./s1. The lowest BCUT2D eigenvalue weighted by atomic mass is 10.0. The molecule has 1 heterocycles. The molecule has 1 aromatic heterocycles. The highest BCUT2D eigenvalue weighted by atomic mass is 35.5. The van der Waals surface area contributed by atoms with Gasteiger partial charge in [-0.15, -0.1) is 0 Å². The van der Waals surface area contributed by atoms with E-state index in [0.717, 1.165) is 21.6 Å². The molecule has 38 heavy (non-hydrogen) atoms. The topological polar surface area (TPSA) is 171 Å². The first kappa shape index (κ1) is 30.5. The van der Waals surface area contributed by atoms with Gasteiger partial charge in [0.15, 0.2) is 23.5 Å². The molecule has 0 saturated carbocycles. The largest absolute Gasteiger partial charge is 1.00 e. The van der Waals surface area contributed by atoms with Gasteiger partial charge in [-0.1, -0.05) is 6.07 Å². The van der Waals surface area contributed by atoms with Gasteiger partial charge in [-0.2, -0.15) is 4.37 Å². The highest BCUT2D eigenvalue weighted by molar-refractivity contribution is 7.10. The third-order valence-electron chi connectivity index (χ3n) is 5.64. The Labute approximate surface area is 231 Å². The summed E-state index contributed by atoms with van der Waals surface area (Å²) in [5.74, 6) is 1.92. The summed E-state index contributed by atoms with van der Waals surface area (Å²) in [5, 5.41) is 2.94. The molecule has 11 nitrogen and oxygen atoms in total. The zero-order valence-corrected chi connectivity index (χ0v) is 23.3. The second-order valence-electron chi connectivity index (χ2n) is 8.03. The molecule has 0 spiro atoms. The van der Waals surface area contributed by atoms with Gasteiger partial charge in [0.05, 0.1) is 39.0 Å². The Morgan fingerprint density at radius 2 is 1.68 bits per heavy atom. The average molecular weight is 565 g/mol. The number of quaternary nitrogens is 1. The first-order valence-corrected chi connectivity index (χ1v) is 12.2. The molecule has 3 rings (SSSR count). The highest BCUT2D eigenvalue weighted by Crippen LogP contribution is 2.45. The number of rotatable bonds is 12. The number of ether oxygens (including phenoxy) is 4. The Balaban J connectivity index is 0.00000507. The lowest BCUT2D eigenvalue weighted by Crippen LogP contribution is -3.00. The van der Waals surface area contributed by atoms with Crippen molar-refractivity contribution < 1.29 is 41.9 Å². The van der Waals surface area contributed by atoms with E-state index in [1.54, 1.807) is 40.7 Å². The summed E-state index contributed by atoms with van der Waals surface area (Å²) in [6.07, 6.45) is 2.95. The number of nitrogens with one attached hydrogen (secondary N) is 1. The number of amides is 1. The molecule has 206 valence electrons. The molecule has 0 unspecified atom stereocenters. The number of anilines is 1. The van der Waals surface area contributed by atoms with Crippen LogP contribution in [0.5, 0.6) is 23.0 Å². The van der Waals surface area contributed by atoms with E-state index in [1.807, 2.05) is 24.3 Å². The van der Waals surface area contributed by atoms with Gasteiger partial charge in [-0.3, -0.25) is 9.79 Å². The van der Waals surface area contributed by atoms with Crippen LogP contribution in [0.3, 0.4) is 0 Å². The molecule has 13 heteroatoms. The van der Waals surface area contributed by atoms with E-state index in [2.05, 4.69) is 20.4 Å². The number of halogens is 1. The Bertz CT molecular complexity index is 1240. The van der Waals surface area contributed by atoms with E-state index in [9.17, 15) is 4.79 Å². The number of aliphatic imine (C=N–C) groups is 1. The van der Waals surface area contributed by atoms with Gasteiger partial charge in [-0.05, 0) is 47.8 Å². The molecule has 0 saturated heterocycles. The van der Waals surface area contributed by atoms with E-state index in [4.69, 9.17) is 30.4 Å². The molecular formula is C25H33ClN6O5S. The zero-order valence-electron chi connectivity index (χ0n) is 21.7. The van der Waals surface area contributed by atoms with Crippen molar-refractivity contribution in [3.05, 3.63) is 36.5 Å². The molecule has 1 atom stereocenters. The second kappa shape index (κ2) is 14.3. The summed E-state index contributed by atoms with van der Waals surface area (Å²) in [4.78, 5) is 17.7. The van der Waals surface area contributed by atoms with Crippen molar-refractivity contribution in [3.8, 4) is 44.6 Å². The molecule has 8 N–H and O–H groups in total. The van der Waals surface area contributed by atoms with E-state index in [0.29, 0.717) is 48.1 Å². The number of benzene rings is 2. The van der Waals surface area contributed by atoms with Crippen molar-refractivity contribution in [1.82, 2.24) is 4.37 Å². The first-order valence-electron chi connectivity index (χ1n) is 11.5. The number of guanidine groups is 1. The van der Waals surface area contributed by atoms with Crippen molar-refractivity contribution in [2.45, 2.75) is 18.9 Å². The fraction of sp³-hybridized carbons (Fsp3) is 0.320. The van der Waals surface area contributed by atoms with Crippen LogP contribution >= 0.6 is 11.5 Å². The lowest BCUT2D eigenvalue weighted by molar-refractivity contribution is -0.403. The normalized spacial score (nSPS) is 11.1. The number of methoxy groups -OCH3 is 4. The van der Waals surface area contributed by atoms with Crippen molar-refractivity contribution >= 4 is 29.1 Å². The molecule has 0 aliphatic heterocycles. The van der Waals surface area contributed by atoms with E-state index in [1.165, 1.54) is 11.5 Å². The van der Waals surface area contributed by atoms with Crippen molar-refractivity contribution in [2.75, 3.05) is 40.3 Å². The summed E-state index contributed by atoms with van der Waals surface area (Å²) in [6.45, 7) is 0.440. The summed E-state index contributed by atoms with van der Waals surface area (Å²) in [6, 6.07) is 8.84. The van der Waals surface area contributed by atoms with Crippen LogP contribution in [0.25, 0.3) is 21.6 Å². The number of carbonyl (C=O) groups is 1. The van der Waals surface area contributed by atoms with Gasteiger partial charge >= 0.3 is 0 Å². The van der Waals surface area contributed by atoms with Crippen molar-refractivity contribution in [1.29, 1.82) is 0 Å². The van der Waals surface area contributed by atoms with E-state index < -0.39 is 6.04 Å². The fourth-order valence-corrected chi connectivity index (χ4v) is 4.51. The monoisotopic (exact) mass is 564 g/mol. The van der Waals surface area contributed by atoms with Crippen LogP contribution in [-0.2, 0) is 4.79 Å². The number of nitrogens with two attached hydrogens (primary N) is 2. The van der Waals surface area contributed by atoms with Crippen LogP contribution in [0.2, 0.25) is 0 Å². The number of carbonyl (C=O) groups excluding carboxylic acids is 1. The van der Waals surface area contributed by atoms with Gasteiger partial charge in [0.1, 0.15) is 5.75 Å². The van der Waals surface area contributed by atoms with Crippen LogP contribution in [0.4, 0.5) is 5.69 Å². The SMILES string of the molecule is COc1ccc(-c2cnsc2-c2cc(OC)c(OC)c(OC)c2)cc1NC(=O)[C@H]([NH3+])CCCN=C(N)N.[Cl-]. The molecule has 0 radical (unpaired) electrons. The summed E-state index contributed by atoms with van der Waals surface area (Å²) < 4.78 is 26.4. The maximum atomic E-state index is 12.8. The molecular weight excluding hydrogens is 532 g/mol. The van der Waals surface area contributed by atoms with Gasteiger partial charge in [0, 0.05) is 30.3 Å². The number of hydrogen-bond donors (Lipinski definition) is 4. The van der Waals surface area contributed by atoms with E-state index in [-0.39, 0.29) is 24.3 Å². The molecule has 2 aromatic carbocycles. The van der Waals surface area contributed by atoms with Crippen molar-refractivity contribution in [3.63, 3.8) is 0 Å². The van der Waals surface area contributed by atoms with Crippen molar-refractivity contribution in [2.24, 2.45) is 16.5 Å². The predicted octanol–water partition coefficient (Wildman–Crippen LogP) is -0.882. The number of nitrogens with zero attached hydrogens (tertiary/aromatic N) is 2. The predicted molar refractivity (Wildman–Crippen MR) is 144 cm³/mol. The smallest absolute Gasteiger partial charge is 0.282 e. The maximum Gasteiger partial charge on any atom is 0.282 e. The Hall–Kier alpha value is -3.74. The second-order valence-corrected chi connectivity index (χ2v) is 8.83. The minimum atomic E-state index is -0.486. The molecule has 3 aromatic rings. The third kappa shape index (κ3) is 7.18.